The van der Waals surface area contributed by atoms with E-state index in [0.29, 0.717) is 23.9 Å². The lowest BCUT2D eigenvalue weighted by atomic mass is 10.0. The zero-order valence-corrected chi connectivity index (χ0v) is 62.7. The van der Waals surface area contributed by atoms with Crippen molar-refractivity contribution in [1.82, 2.24) is 0 Å². The maximum absolute atomic E-state index is 12.9. The van der Waals surface area contributed by atoms with Crippen LogP contribution in [0, 0.1) is 0 Å². The van der Waals surface area contributed by atoms with Crippen molar-refractivity contribution in [2.45, 2.75) is 405 Å². The Labute approximate surface area is 572 Å². The largest absolute Gasteiger partial charge is 0.472 e. The van der Waals surface area contributed by atoms with Crippen LogP contribution in [0.2, 0.25) is 0 Å². The van der Waals surface area contributed by atoms with Crippen molar-refractivity contribution in [3.63, 3.8) is 0 Å². The van der Waals surface area contributed by atoms with Crippen LogP contribution in [0.4, 0.5) is 0 Å². The van der Waals surface area contributed by atoms with E-state index < -0.39 is 26.5 Å². The van der Waals surface area contributed by atoms with E-state index in [1.165, 1.54) is 302 Å². The number of allylic oxidation sites excluding steroid dienone is 10. The van der Waals surface area contributed by atoms with Gasteiger partial charge in [0.25, 0.3) is 0 Å². The van der Waals surface area contributed by atoms with Gasteiger partial charge in [0.2, 0.25) is 0 Å². The highest BCUT2D eigenvalue weighted by Crippen LogP contribution is 2.43. The average molecular weight is 1310 g/mol. The second-order valence-electron chi connectivity index (χ2n) is 28.4. The molecule has 0 radical (unpaired) electrons. The van der Waals surface area contributed by atoms with Gasteiger partial charge in [-0.05, 0) is 57.8 Å². The number of quaternary nitrogens is 1. The lowest BCUT2D eigenvalue weighted by Gasteiger charge is -2.24. The van der Waals surface area contributed by atoms with Crippen LogP contribution in [0.3, 0.4) is 0 Å². The van der Waals surface area contributed by atoms with Crippen molar-refractivity contribution >= 4 is 19.8 Å². The Morgan fingerprint density at radius 3 is 0.924 bits per heavy atom. The zero-order chi connectivity index (χ0) is 66.9. The highest BCUT2D eigenvalue weighted by Gasteiger charge is 2.27. The second-order valence-corrected chi connectivity index (χ2v) is 29.9. The van der Waals surface area contributed by atoms with Gasteiger partial charge in [-0.3, -0.25) is 18.6 Å². The summed E-state index contributed by atoms with van der Waals surface area (Å²) < 4.78 is 34.8. The Balaban J connectivity index is 3.92. The fourth-order valence-corrected chi connectivity index (χ4v) is 12.7. The summed E-state index contributed by atoms with van der Waals surface area (Å²) in [5, 5.41) is 0. The van der Waals surface area contributed by atoms with Crippen molar-refractivity contribution < 1.29 is 42.1 Å². The van der Waals surface area contributed by atoms with Crippen LogP contribution in [0.5, 0.6) is 0 Å². The lowest BCUT2D eigenvalue weighted by Crippen LogP contribution is -2.37. The van der Waals surface area contributed by atoms with Crippen molar-refractivity contribution in [2.24, 2.45) is 0 Å². The molecule has 540 valence electrons. The molecule has 92 heavy (non-hydrogen) atoms. The molecule has 0 aromatic carbocycles. The molecule has 0 bridgehead atoms. The number of rotatable bonds is 75. The van der Waals surface area contributed by atoms with E-state index in [1.54, 1.807) is 0 Å². The van der Waals surface area contributed by atoms with Gasteiger partial charge in [0.05, 0.1) is 27.7 Å². The van der Waals surface area contributed by atoms with E-state index in [-0.39, 0.29) is 25.6 Å². The van der Waals surface area contributed by atoms with Gasteiger partial charge in [-0.15, -0.1) is 0 Å². The third-order valence-corrected chi connectivity index (χ3v) is 19.0. The number of carbonyl (C=O) groups excluding carboxylic acids is 2. The molecule has 0 spiro atoms. The number of nitrogens with zero attached hydrogens (tertiary/aromatic N) is 1. The summed E-state index contributed by atoms with van der Waals surface area (Å²) in [7, 11) is 1.50. The van der Waals surface area contributed by atoms with Crippen LogP contribution in [0.25, 0.3) is 0 Å². The van der Waals surface area contributed by atoms with Gasteiger partial charge in [0, 0.05) is 12.8 Å². The predicted molar refractivity (Wildman–Crippen MR) is 400 cm³/mol. The molecule has 0 saturated heterocycles. The molecule has 2 atom stereocenters. The van der Waals surface area contributed by atoms with E-state index in [2.05, 4.69) is 74.6 Å². The fraction of sp³-hybridized carbons (Fsp3) is 0.854. The smallest absolute Gasteiger partial charge is 0.462 e. The number of phosphoric ester groups is 1. The summed E-state index contributed by atoms with van der Waals surface area (Å²) in [5.74, 6) is -0.775. The van der Waals surface area contributed by atoms with Gasteiger partial charge in [-0.25, -0.2) is 4.57 Å². The molecule has 1 N–H and O–H groups in total. The summed E-state index contributed by atoms with van der Waals surface area (Å²) in [6.07, 6.45) is 98.0. The molecule has 0 aliphatic heterocycles. The number of unbranched alkanes of at least 4 members (excludes halogenated alkanes) is 51. The van der Waals surface area contributed by atoms with E-state index >= 15 is 0 Å². The van der Waals surface area contributed by atoms with Crippen LogP contribution >= 0.6 is 7.82 Å². The topological polar surface area (TPSA) is 108 Å². The van der Waals surface area contributed by atoms with Crippen LogP contribution < -0.4 is 0 Å². The third-order valence-electron chi connectivity index (χ3n) is 18.1. The Morgan fingerprint density at radius 1 is 0.348 bits per heavy atom. The first-order valence-electron chi connectivity index (χ1n) is 40.0. The van der Waals surface area contributed by atoms with Gasteiger partial charge >= 0.3 is 19.8 Å². The van der Waals surface area contributed by atoms with Crippen LogP contribution in [-0.4, -0.2) is 74.9 Å². The van der Waals surface area contributed by atoms with Gasteiger partial charge in [-0.2, -0.15) is 0 Å². The van der Waals surface area contributed by atoms with Gasteiger partial charge in [-0.1, -0.05) is 389 Å². The zero-order valence-electron chi connectivity index (χ0n) is 61.8. The Morgan fingerprint density at radius 2 is 0.620 bits per heavy atom. The molecule has 10 heteroatoms. The molecular weight excluding hydrogens is 1160 g/mol. The normalized spacial score (nSPS) is 13.3. The summed E-state index contributed by atoms with van der Waals surface area (Å²) >= 11 is 0. The van der Waals surface area contributed by atoms with Crippen molar-refractivity contribution in [3.8, 4) is 0 Å². The van der Waals surface area contributed by atoms with E-state index in [9.17, 15) is 19.0 Å². The molecular formula is C82H155NO8P+. The highest BCUT2D eigenvalue weighted by atomic mass is 31.2. The van der Waals surface area contributed by atoms with Crippen molar-refractivity contribution in [2.75, 3.05) is 47.5 Å². The molecule has 0 rings (SSSR count). The van der Waals surface area contributed by atoms with E-state index in [0.717, 1.165) is 64.2 Å². The van der Waals surface area contributed by atoms with E-state index in [4.69, 9.17) is 18.5 Å². The van der Waals surface area contributed by atoms with Gasteiger partial charge in [0.15, 0.2) is 6.10 Å². The Kier molecular flexibility index (Phi) is 71.2. The molecule has 0 aromatic rings. The first-order chi connectivity index (χ1) is 45.0. The quantitative estimate of drug-likeness (QED) is 0.0211. The molecule has 0 aliphatic carbocycles. The Hall–Kier alpha value is -2.29. The summed E-state index contributed by atoms with van der Waals surface area (Å²) in [6, 6.07) is 0. The lowest BCUT2D eigenvalue weighted by molar-refractivity contribution is -0.870. The Bertz CT molecular complexity index is 1740. The number of carbonyl (C=O) groups is 2. The minimum absolute atomic E-state index is 0.0335. The molecule has 0 saturated carbocycles. The summed E-state index contributed by atoms with van der Waals surface area (Å²) in [4.78, 5) is 36.0. The van der Waals surface area contributed by atoms with Gasteiger partial charge in [0.1, 0.15) is 19.8 Å². The molecule has 2 unspecified atom stereocenters. The average Bonchev–Trinajstić information content (AvgIpc) is 2.23. The number of phosphoric acid groups is 1. The molecule has 0 aliphatic rings. The van der Waals surface area contributed by atoms with Gasteiger partial charge < -0.3 is 18.9 Å². The SMILES string of the molecule is CC/C=C\C/C=C\C/C=C\C/C=C\C/C=C\CCCCCCCCCCCCCCCCCCCC(=O)OC(COC(=O)CCCCCCCCCCCCCCCCCCCCCCCCCCCCCCCCCCCCC)COP(=O)(O)OCC[N+](C)(C)C. The summed E-state index contributed by atoms with van der Waals surface area (Å²) in [5.41, 5.74) is 0. The molecule has 0 aromatic heterocycles. The summed E-state index contributed by atoms with van der Waals surface area (Å²) in [6.45, 7) is 4.39. The van der Waals surface area contributed by atoms with Crippen molar-refractivity contribution in [3.05, 3.63) is 60.8 Å². The predicted octanol–water partition coefficient (Wildman–Crippen LogP) is 26.5. The number of esters is 2. The number of ether oxygens (including phenoxy) is 2. The van der Waals surface area contributed by atoms with Crippen molar-refractivity contribution in [1.29, 1.82) is 0 Å². The number of hydrogen-bond acceptors (Lipinski definition) is 7. The van der Waals surface area contributed by atoms with E-state index in [1.807, 2.05) is 21.1 Å². The second kappa shape index (κ2) is 73.0. The maximum Gasteiger partial charge on any atom is 0.472 e. The highest BCUT2D eigenvalue weighted by molar-refractivity contribution is 7.47. The molecule has 0 fully saturated rings. The fourth-order valence-electron chi connectivity index (χ4n) is 12.0. The minimum Gasteiger partial charge on any atom is -0.462 e. The third kappa shape index (κ3) is 76.7. The standard InChI is InChI=1S/C82H154NO8P/c1-6-8-10-12-14-16-18-20-22-24-26-28-30-32-34-36-38-40-41-43-44-46-48-50-52-54-56-58-60-62-64-66-68-70-72-74-81(84)88-78-80(79-90-92(86,87)89-77-76-83(3,4)5)91-82(85)75-73-71-69-67-65-63-61-59-57-55-53-51-49-47-45-42-39-37-35-33-31-29-27-25-23-21-19-17-15-13-11-9-7-2/h9,11,15,17,21,23,27,29,33,35,80H,6-8,10,12-14,16,18-20,22,24-26,28,30-32,34,36-79H2,1-5H3/p+1/b11-9-,17-15-,23-21-,29-27-,35-33-. The minimum atomic E-state index is -4.39. The van der Waals surface area contributed by atoms with Crippen LogP contribution in [0.1, 0.15) is 399 Å². The number of likely N-dealkylation sites (N-methyl/N-ethyl adjacent to an activating group) is 1. The molecule has 9 nitrogen and oxygen atoms in total. The van der Waals surface area contributed by atoms with Crippen LogP contribution in [-0.2, 0) is 32.7 Å². The first kappa shape index (κ1) is 89.7. The molecule has 0 amide bonds. The first-order valence-corrected chi connectivity index (χ1v) is 41.5. The number of hydrogen-bond donors (Lipinski definition) is 1. The van der Waals surface area contributed by atoms with Crippen LogP contribution in [0.15, 0.2) is 60.8 Å². The maximum atomic E-state index is 12.9. The molecule has 0 heterocycles. The monoisotopic (exact) mass is 1310 g/mol.